The van der Waals surface area contributed by atoms with E-state index >= 15 is 0 Å². The van der Waals surface area contributed by atoms with Gasteiger partial charge in [0, 0.05) is 18.0 Å². The number of thiophene rings is 1. The Morgan fingerprint density at radius 3 is 2.72 bits per heavy atom. The van der Waals surface area contributed by atoms with E-state index in [-0.39, 0.29) is 13.2 Å². The maximum absolute atomic E-state index is 13.2. The Labute approximate surface area is 170 Å². The Hall–Kier alpha value is -3.07. The van der Waals surface area contributed by atoms with E-state index in [1.54, 1.807) is 31.5 Å². The van der Waals surface area contributed by atoms with Gasteiger partial charge in [-0.05, 0) is 42.3 Å². The van der Waals surface area contributed by atoms with Gasteiger partial charge < -0.3 is 4.74 Å². The van der Waals surface area contributed by atoms with Crippen LogP contribution in [0.15, 0.2) is 34.7 Å². The van der Waals surface area contributed by atoms with Crippen molar-refractivity contribution in [3.63, 3.8) is 0 Å². The van der Waals surface area contributed by atoms with E-state index in [0.29, 0.717) is 22.2 Å². The van der Waals surface area contributed by atoms with Gasteiger partial charge in [0.2, 0.25) is 0 Å². The predicted molar refractivity (Wildman–Crippen MR) is 111 cm³/mol. The molecule has 9 heteroatoms. The van der Waals surface area contributed by atoms with Gasteiger partial charge in [-0.3, -0.25) is 14.3 Å². The van der Waals surface area contributed by atoms with Crippen LogP contribution in [-0.2, 0) is 22.5 Å². The second-order valence-corrected chi connectivity index (χ2v) is 7.98. The van der Waals surface area contributed by atoms with Crippen molar-refractivity contribution in [3.8, 4) is 11.4 Å². The first-order valence-corrected chi connectivity index (χ1v) is 10.3. The lowest BCUT2D eigenvalue weighted by molar-refractivity contribution is -0.143. The predicted octanol–water partition coefficient (Wildman–Crippen LogP) is 2.93. The van der Waals surface area contributed by atoms with Gasteiger partial charge in [-0.1, -0.05) is 13.8 Å². The SMILES string of the molecule is CCOC(=O)Cn1c(=O)n2nc(-c3ccncc3)nc2c2c(CC(C)C)csc21. The van der Waals surface area contributed by atoms with Crippen molar-refractivity contribution in [2.45, 2.75) is 33.7 Å². The van der Waals surface area contributed by atoms with Crippen molar-refractivity contribution in [3.05, 3.63) is 46.0 Å². The number of fused-ring (bicyclic) bond motifs is 3. The lowest BCUT2D eigenvalue weighted by atomic mass is 10.0. The average Bonchev–Trinajstić information content (AvgIpc) is 3.30. The molecule has 4 heterocycles. The number of aromatic nitrogens is 5. The van der Waals surface area contributed by atoms with Crippen molar-refractivity contribution in [2.24, 2.45) is 5.92 Å². The van der Waals surface area contributed by atoms with E-state index in [0.717, 1.165) is 22.9 Å². The maximum atomic E-state index is 13.2. The van der Waals surface area contributed by atoms with Crippen molar-refractivity contribution < 1.29 is 9.53 Å². The lowest BCUT2D eigenvalue weighted by Crippen LogP contribution is -2.30. The second-order valence-electron chi connectivity index (χ2n) is 7.12. The fraction of sp³-hybridized carbons (Fsp3) is 0.350. The van der Waals surface area contributed by atoms with Crippen LogP contribution in [0.4, 0.5) is 0 Å². The molecule has 0 atom stereocenters. The summed E-state index contributed by atoms with van der Waals surface area (Å²) in [7, 11) is 0. The summed E-state index contributed by atoms with van der Waals surface area (Å²) in [6.07, 6.45) is 4.15. The van der Waals surface area contributed by atoms with Crippen LogP contribution in [-0.4, -0.2) is 36.7 Å². The minimum absolute atomic E-state index is 0.162. The van der Waals surface area contributed by atoms with Gasteiger partial charge in [-0.25, -0.2) is 9.78 Å². The minimum atomic E-state index is -0.455. The van der Waals surface area contributed by atoms with Crippen LogP contribution in [0.1, 0.15) is 26.3 Å². The summed E-state index contributed by atoms with van der Waals surface area (Å²) < 4.78 is 7.78. The summed E-state index contributed by atoms with van der Waals surface area (Å²) in [5.41, 5.74) is 1.96. The fourth-order valence-electron chi connectivity index (χ4n) is 3.32. The molecule has 0 amide bonds. The maximum Gasteiger partial charge on any atom is 0.352 e. The molecule has 0 spiro atoms. The fourth-order valence-corrected chi connectivity index (χ4v) is 4.39. The quantitative estimate of drug-likeness (QED) is 0.453. The van der Waals surface area contributed by atoms with E-state index < -0.39 is 11.7 Å². The Balaban J connectivity index is 2.00. The molecule has 0 bridgehead atoms. The topological polar surface area (TPSA) is 91.4 Å². The van der Waals surface area contributed by atoms with Gasteiger partial charge in [0.15, 0.2) is 11.5 Å². The smallest absolute Gasteiger partial charge is 0.352 e. The number of carbonyl (C=O) groups excluding carboxylic acids is 1. The third-order valence-corrected chi connectivity index (χ3v) is 5.55. The average molecular weight is 411 g/mol. The highest BCUT2D eigenvalue weighted by Gasteiger charge is 2.21. The van der Waals surface area contributed by atoms with Gasteiger partial charge in [0.1, 0.15) is 11.4 Å². The van der Waals surface area contributed by atoms with Crippen LogP contribution >= 0.6 is 11.3 Å². The molecule has 0 unspecified atom stereocenters. The van der Waals surface area contributed by atoms with Crippen LogP contribution in [0.5, 0.6) is 0 Å². The molecular formula is C20H21N5O3S. The van der Waals surface area contributed by atoms with Gasteiger partial charge in [-0.15, -0.1) is 16.4 Å². The molecule has 0 radical (unpaired) electrons. The Kier molecular flexibility index (Phi) is 5.14. The third kappa shape index (κ3) is 3.53. The van der Waals surface area contributed by atoms with Gasteiger partial charge in [0.25, 0.3) is 0 Å². The van der Waals surface area contributed by atoms with Crippen molar-refractivity contribution >= 4 is 33.2 Å². The van der Waals surface area contributed by atoms with Crippen LogP contribution < -0.4 is 5.69 Å². The Bertz CT molecular complexity index is 1240. The molecule has 4 aromatic rings. The summed E-state index contributed by atoms with van der Waals surface area (Å²) in [4.78, 5) is 34.7. The first-order chi connectivity index (χ1) is 14.0. The Morgan fingerprint density at radius 1 is 1.28 bits per heavy atom. The number of pyridine rings is 1. The van der Waals surface area contributed by atoms with Gasteiger partial charge >= 0.3 is 11.7 Å². The summed E-state index contributed by atoms with van der Waals surface area (Å²) in [6, 6.07) is 3.59. The molecule has 0 saturated carbocycles. The highest BCUT2D eigenvalue weighted by Crippen LogP contribution is 2.30. The molecule has 4 aromatic heterocycles. The zero-order valence-electron chi connectivity index (χ0n) is 16.5. The molecule has 0 saturated heterocycles. The molecule has 4 rings (SSSR count). The van der Waals surface area contributed by atoms with E-state index in [1.807, 2.05) is 5.38 Å². The molecular weight excluding hydrogens is 390 g/mol. The van der Waals surface area contributed by atoms with Gasteiger partial charge in [0.05, 0.1) is 12.0 Å². The monoisotopic (exact) mass is 411 g/mol. The highest BCUT2D eigenvalue weighted by atomic mass is 32.1. The van der Waals surface area contributed by atoms with E-state index in [9.17, 15) is 9.59 Å². The van der Waals surface area contributed by atoms with Crippen molar-refractivity contribution in [1.82, 2.24) is 24.1 Å². The molecule has 29 heavy (non-hydrogen) atoms. The number of hydrogen-bond acceptors (Lipinski definition) is 7. The number of carbonyl (C=O) groups is 1. The molecule has 0 N–H and O–H groups in total. The molecule has 0 aliphatic heterocycles. The first-order valence-electron chi connectivity index (χ1n) is 9.45. The van der Waals surface area contributed by atoms with Crippen LogP contribution in [0.25, 0.3) is 27.3 Å². The third-order valence-electron chi connectivity index (χ3n) is 4.50. The van der Waals surface area contributed by atoms with Crippen LogP contribution in [0.2, 0.25) is 0 Å². The van der Waals surface area contributed by atoms with E-state index in [2.05, 4.69) is 28.9 Å². The van der Waals surface area contributed by atoms with Crippen LogP contribution in [0.3, 0.4) is 0 Å². The number of ether oxygens (including phenoxy) is 1. The van der Waals surface area contributed by atoms with Gasteiger partial charge in [-0.2, -0.15) is 4.52 Å². The molecule has 0 aliphatic carbocycles. The normalized spacial score (nSPS) is 11.6. The van der Waals surface area contributed by atoms with E-state index in [4.69, 9.17) is 4.74 Å². The molecule has 150 valence electrons. The highest BCUT2D eigenvalue weighted by molar-refractivity contribution is 7.17. The summed E-state index contributed by atoms with van der Waals surface area (Å²) in [5.74, 6) is 0.422. The first kappa shape index (κ1) is 19.3. The summed E-state index contributed by atoms with van der Waals surface area (Å²) >= 11 is 1.44. The number of nitrogens with zero attached hydrogens (tertiary/aromatic N) is 5. The molecule has 0 aromatic carbocycles. The zero-order chi connectivity index (χ0) is 20.5. The molecule has 0 aliphatic rings. The second kappa shape index (κ2) is 7.75. The van der Waals surface area contributed by atoms with E-state index in [1.165, 1.54) is 20.4 Å². The lowest BCUT2D eigenvalue weighted by Gasteiger charge is -2.09. The molecule has 8 nitrogen and oxygen atoms in total. The number of esters is 1. The van der Waals surface area contributed by atoms with Crippen molar-refractivity contribution in [2.75, 3.05) is 6.61 Å². The number of rotatable bonds is 6. The molecule has 0 fully saturated rings. The largest absolute Gasteiger partial charge is 0.465 e. The summed E-state index contributed by atoms with van der Waals surface area (Å²) in [6.45, 7) is 6.12. The number of hydrogen-bond donors (Lipinski definition) is 0. The standard InChI is InChI=1S/C20H21N5O3S/c1-4-28-15(26)10-24-19-16(14(11-29-19)9-12(2)3)18-22-17(23-25(18)20(24)27)13-5-7-21-8-6-13/h5-8,11-12H,4,9-10H2,1-3H3. The Morgan fingerprint density at radius 2 is 2.03 bits per heavy atom. The van der Waals surface area contributed by atoms with Crippen LogP contribution in [0, 0.1) is 5.92 Å². The van der Waals surface area contributed by atoms with Crippen molar-refractivity contribution in [1.29, 1.82) is 0 Å². The minimum Gasteiger partial charge on any atom is -0.465 e. The zero-order valence-corrected chi connectivity index (χ0v) is 17.3. The summed E-state index contributed by atoms with van der Waals surface area (Å²) in [5, 5.41) is 7.34.